The quantitative estimate of drug-likeness (QED) is 0.226. The number of hydrogen-bond acceptors (Lipinski definition) is 8. The molecule has 0 amide bonds. The summed E-state index contributed by atoms with van der Waals surface area (Å²) >= 11 is 6.37. The number of hydrogen-bond donors (Lipinski definition) is 3. The molecule has 0 bridgehead atoms. The van der Waals surface area contributed by atoms with Gasteiger partial charge in [-0.2, -0.15) is 31.0 Å². The summed E-state index contributed by atoms with van der Waals surface area (Å²) in [7, 11) is -4.20. The average Bonchev–Trinajstić information content (AvgIpc) is 3.70. The molecule has 0 radical (unpaired) electrons. The first-order chi connectivity index (χ1) is 23.1. The van der Waals surface area contributed by atoms with Gasteiger partial charge in [0.25, 0.3) is 0 Å². The second-order valence-electron chi connectivity index (χ2n) is 11.2. The molecule has 49 heavy (non-hydrogen) atoms. The Labute approximate surface area is 282 Å². The maximum absolute atomic E-state index is 16.1. The molecule has 4 aromatic rings. The van der Waals surface area contributed by atoms with Gasteiger partial charge in [-0.3, -0.25) is 9.71 Å². The van der Waals surface area contributed by atoms with Crippen molar-refractivity contribution in [1.82, 2.24) is 29.4 Å². The standard InChI is InChI=1S/C28H29ClF2N8O2S.C2HF3O2/c1-18-15-37(11-9-33-18)22-2-3-26(34-14-22)39-17-24(28(35-39)19-4-7-32-8-5-19)23-12-20(29)13-25(27(23)31)36-42(40,41)38-10-6-21(30)16-38;3-2(4,5)1(6)7/h2-5,7-8,12-14,17-18,21,33,36H,6,9-11,15-16H2,1H3;(H,6,7)/t18-,21-;/m1./s1. The van der Waals surface area contributed by atoms with E-state index < -0.39 is 34.3 Å². The first kappa shape index (κ1) is 35.9. The number of nitrogens with zero attached hydrogens (tertiary/aromatic N) is 6. The van der Waals surface area contributed by atoms with Gasteiger partial charge < -0.3 is 15.3 Å². The minimum Gasteiger partial charge on any atom is -0.475 e. The lowest BCUT2D eigenvalue weighted by atomic mass is 10.0. The van der Waals surface area contributed by atoms with Crippen LogP contribution in [0, 0.1) is 5.82 Å². The van der Waals surface area contributed by atoms with Crippen molar-refractivity contribution >= 4 is 39.2 Å². The third-order valence-corrected chi connectivity index (χ3v) is 9.32. The van der Waals surface area contributed by atoms with E-state index in [1.807, 2.05) is 12.1 Å². The number of alkyl halides is 4. The molecule has 0 spiro atoms. The second kappa shape index (κ2) is 14.6. The first-order valence-corrected chi connectivity index (χ1v) is 16.6. The van der Waals surface area contributed by atoms with E-state index in [9.17, 15) is 26.0 Å². The summed E-state index contributed by atoms with van der Waals surface area (Å²) < 4.78 is 92.1. The van der Waals surface area contributed by atoms with E-state index in [1.54, 1.807) is 41.6 Å². The number of carboxylic acid groups (broad SMARTS) is 1. The molecule has 6 rings (SSSR count). The number of carboxylic acids is 1. The molecule has 1 aromatic carbocycles. The summed E-state index contributed by atoms with van der Waals surface area (Å²) in [4.78, 5) is 19.8. The van der Waals surface area contributed by atoms with Crippen LogP contribution in [0.25, 0.3) is 28.2 Å². The summed E-state index contributed by atoms with van der Waals surface area (Å²) in [5.41, 5.74) is 2.14. The molecule has 5 heterocycles. The lowest BCUT2D eigenvalue weighted by molar-refractivity contribution is -0.192. The number of carbonyl (C=O) groups is 1. The lowest BCUT2D eigenvalue weighted by Gasteiger charge is -2.33. The summed E-state index contributed by atoms with van der Waals surface area (Å²) in [5.74, 6) is -3.08. The molecule has 0 unspecified atom stereocenters. The Morgan fingerprint density at radius 2 is 1.82 bits per heavy atom. The van der Waals surface area contributed by atoms with Gasteiger partial charge in [-0.15, -0.1) is 0 Å². The maximum atomic E-state index is 16.1. The van der Waals surface area contributed by atoms with Gasteiger partial charge >= 0.3 is 22.4 Å². The van der Waals surface area contributed by atoms with Crippen LogP contribution in [-0.4, -0.2) is 94.7 Å². The fraction of sp³-hybridized carbons (Fsp3) is 0.333. The van der Waals surface area contributed by atoms with Crippen LogP contribution >= 0.6 is 11.6 Å². The number of anilines is 2. The van der Waals surface area contributed by atoms with E-state index in [-0.39, 0.29) is 35.8 Å². The fourth-order valence-corrected chi connectivity index (χ4v) is 6.73. The summed E-state index contributed by atoms with van der Waals surface area (Å²) in [5, 5.41) is 15.4. The number of benzene rings is 1. The lowest BCUT2D eigenvalue weighted by Crippen LogP contribution is -2.49. The van der Waals surface area contributed by atoms with Crippen LogP contribution in [0.4, 0.5) is 33.3 Å². The number of rotatable bonds is 7. The van der Waals surface area contributed by atoms with Crippen LogP contribution in [0.15, 0.2) is 61.2 Å². The molecule has 2 atom stereocenters. The van der Waals surface area contributed by atoms with Gasteiger partial charge in [0.2, 0.25) is 0 Å². The summed E-state index contributed by atoms with van der Waals surface area (Å²) in [6.07, 6.45) is 0.351. The van der Waals surface area contributed by atoms with E-state index in [0.29, 0.717) is 28.7 Å². The number of halogens is 6. The van der Waals surface area contributed by atoms with Crippen molar-refractivity contribution in [3.63, 3.8) is 0 Å². The Bertz CT molecular complexity index is 1900. The van der Waals surface area contributed by atoms with E-state index in [0.717, 1.165) is 29.6 Å². The minimum atomic E-state index is -5.08. The second-order valence-corrected chi connectivity index (χ2v) is 13.3. The van der Waals surface area contributed by atoms with Crippen LogP contribution in [-0.2, 0) is 15.0 Å². The van der Waals surface area contributed by atoms with Crippen LogP contribution in [0.2, 0.25) is 5.02 Å². The van der Waals surface area contributed by atoms with Gasteiger partial charge in [0.05, 0.1) is 17.6 Å². The van der Waals surface area contributed by atoms with E-state index in [4.69, 9.17) is 26.6 Å². The topological polar surface area (TPSA) is 146 Å². The molecule has 12 nitrogen and oxygen atoms in total. The number of aromatic nitrogens is 4. The smallest absolute Gasteiger partial charge is 0.475 e. The Hall–Kier alpha value is -4.39. The van der Waals surface area contributed by atoms with Gasteiger partial charge in [-0.05, 0) is 49.7 Å². The van der Waals surface area contributed by atoms with E-state index in [2.05, 4.69) is 31.8 Å². The van der Waals surface area contributed by atoms with E-state index >= 15 is 4.39 Å². The molecular weight excluding hydrogens is 699 g/mol. The highest BCUT2D eigenvalue weighted by molar-refractivity contribution is 7.90. The zero-order valence-electron chi connectivity index (χ0n) is 25.7. The Balaban J connectivity index is 0.000000606. The zero-order chi connectivity index (χ0) is 35.5. The number of nitrogens with one attached hydrogen (secondary N) is 2. The summed E-state index contributed by atoms with van der Waals surface area (Å²) in [6.45, 7) is 4.48. The molecule has 2 saturated heterocycles. The third kappa shape index (κ3) is 8.62. The molecule has 2 aliphatic rings. The van der Waals surface area contributed by atoms with E-state index in [1.165, 1.54) is 12.1 Å². The monoisotopic (exact) mass is 728 g/mol. The highest BCUT2D eigenvalue weighted by Crippen LogP contribution is 2.38. The van der Waals surface area contributed by atoms with Gasteiger partial charge in [-0.1, -0.05) is 11.6 Å². The molecule has 0 aliphatic carbocycles. The average molecular weight is 729 g/mol. The van der Waals surface area contributed by atoms with Crippen LogP contribution in [0.1, 0.15) is 13.3 Å². The molecule has 3 N–H and O–H groups in total. The Morgan fingerprint density at radius 1 is 1.10 bits per heavy atom. The van der Waals surface area contributed by atoms with Gasteiger partial charge in [0.15, 0.2) is 11.6 Å². The van der Waals surface area contributed by atoms with Crippen molar-refractivity contribution in [3.05, 3.63) is 72.0 Å². The molecule has 2 fully saturated rings. The molecule has 262 valence electrons. The van der Waals surface area contributed by atoms with Crippen molar-refractivity contribution in [1.29, 1.82) is 0 Å². The molecule has 2 aliphatic heterocycles. The van der Waals surface area contributed by atoms with Crippen molar-refractivity contribution in [2.24, 2.45) is 0 Å². The highest BCUT2D eigenvalue weighted by atomic mass is 35.5. The van der Waals surface area contributed by atoms with Crippen molar-refractivity contribution in [3.8, 4) is 28.2 Å². The SMILES string of the molecule is C[C@@H]1CN(c2ccc(-n3cc(-c4cc(Cl)cc(NS(=O)(=O)N5CC[C@@H](F)C5)c4F)c(-c4ccncc4)n3)nc2)CCN1.O=C(O)C(F)(F)F. The van der Waals surface area contributed by atoms with Crippen molar-refractivity contribution in [2.75, 3.05) is 42.3 Å². The van der Waals surface area contributed by atoms with Gasteiger partial charge in [0, 0.05) is 79.1 Å². The first-order valence-electron chi connectivity index (χ1n) is 14.8. The maximum Gasteiger partial charge on any atom is 0.490 e. The number of pyridine rings is 2. The third-order valence-electron chi connectivity index (χ3n) is 7.61. The van der Waals surface area contributed by atoms with Gasteiger partial charge in [0.1, 0.15) is 11.9 Å². The molecule has 0 saturated carbocycles. The predicted molar refractivity (Wildman–Crippen MR) is 172 cm³/mol. The molecular formula is C30H30ClF5N8O4S. The Kier molecular flexibility index (Phi) is 10.7. The Morgan fingerprint density at radius 3 is 2.41 bits per heavy atom. The largest absolute Gasteiger partial charge is 0.490 e. The van der Waals surface area contributed by atoms with Crippen molar-refractivity contribution in [2.45, 2.75) is 31.7 Å². The molecule has 19 heteroatoms. The van der Waals surface area contributed by atoms with Crippen LogP contribution in [0.3, 0.4) is 0 Å². The number of piperazine rings is 1. The highest BCUT2D eigenvalue weighted by Gasteiger charge is 2.38. The summed E-state index contributed by atoms with van der Waals surface area (Å²) in [6, 6.07) is 10.3. The predicted octanol–water partition coefficient (Wildman–Crippen LogP) is 4.92. The van der Waals surface area contributed by atoms with Gasteiger partial charge in [-0.25, -0.2) is 23.2 Å². The zero-order valence-corrected chi connectivity index (χ0v) is 27.3. The van der Waals surface area contributed by atoms with Crippen LogP contribution in [0.5, 0.6) is 0 Å². The van der Waals surface area contributed by atoms with Crippen molar-refractivity contribution < 1.29 is 40.3 Å². The van der Waals surface area contributed by atoms with Crippen LogP contribution < -0.4 is 14.9 Å². The number of aliphatic carboxylic acids is 1. The fourth-order valence-electron chi connectivity index (χ4n) is 5.25. The normalized spacial score (nSPS) is 18.6. The molecule has 3 aromatic heterocycles. The minimum absolute atomic E-state index is 0.00394.